The van der Waals surface area contributed by atoms with Gasteiger partial charge in [0.05, 0.1) is 34.4 Å². The lowest BCUT2D eigenvalue weighted by Gasteiger charge is -2.30. The van der Waals surface area contributed by atoms with E-state index in [9.17, 15) is 14.7 Å². The number of hydrogen-bond donors (Lipinski definition) is 2. The summed E-state index contributed by atoms with van der Waals surface area (Å²) in [5.74, 6) is -0.580. The Kier molecular flexibility index (Phi) is 8.72. The van der Waals surface area contributed by atoms with Crippen molar-refractivity contribution in [3.8, 4) is 21.6 Å². The molecule has 41 heavy (non-hydrogen) atoms. The molecule has 214 valence electrons. The second-order valence-electron chi connectivity index (χ2n) is 10.9. The summed E-state index contributed by atoms with van der Waals surface area (Å²) in [4.78, 5) is 34.4. The van der Waals surface area contributed by atoms with Crippen molar-refractivity contribution in [3.63, 3.8) is 0 Å². The number of thiazole rings is 1. The summed E-state index contributed by atoms with van der Waals surface area (Å²) in [7, 11) is 0. The maximum absolute atomic E-state index is 13.9. The van der Waals surface area contributed by atoms with Crippen molar-refractivity contribution in [1.82, 2.24) is 25.0 Å². The third-order valence-corrected chi connectivity index (χ3v) is 9.10. The molecule has 2 amide bonds. The Bertz CT molecular complexity index is 1520. The van der Waals surface area contributed by atoms with Crippen LogP contribution < -0.4 is 5.32 Å². The minimum atomic E-state index is -0.768. The molecule has 2 aromatic heterocycles. The van der Waals surface area contributed by atoms with Crippen molar-refractivity contribution in [1.29, 1.82) is 0 Å². The first-order valence-corrected chi connectivity index (χ1v) is 15.4. The van der Waals surface area contributed by atoms with Gasteiger partial charge in [-0.2, -0.15) is 5.10 Å². The molecule has 3 heterocycles. The molecule has 5 rings (SSSR count). The zero-order chi connectivity index (χ0) is 29.3. The molecule has 0 radical (unpaired) electrons. The number of nitrogens with zero attached hydrogens (tertiary/aromatic N) is 4. The topological polar surface area (TPSA) is 100 Å². The van der Waals surface area contributed by atoms with Crippen LogP contribution in [-0.4, -0.2) is 55.3 Å². The van der Waals surface area contributed by atoms with Gasteiger partial charge in [0.1, 0.15) is 12.1 Å². The Morgan fingerprint density at radius 3 is 2.37 bits per heavy atom. The highest BCUT2D eigenvalue weighted by molar-refractivity contribution is 9.10. The normalized spacial score (nSPS) is 18.5. The molecule has 0 unspecified atom stereocenters. The average Bonchev–Trinajstić information content (AvgIpc) is 3.69. The average molecular weight is 637 g/mol. The van der Waals surface area contributed by atoms with Crippen LogP contribution in [0.3, 0.4) is 0 Å². The van der Waals surface area contributed by atoms with E-state index in [0.717, 1.165) is 37.3 Å². The molecule has 0 bridgehead atoms. The molecule has 1 aliphatic heterocycles. The molecule has 8 nitrogen and oxygen atoms in total. The lowest BCUT2D eigenvalue weighted by Crippen LogP contribution is -2.49. The van der Waals surface area contributed by atoms with Crippen LogP contribution in [0.25, 0.3) is 21.6 Å². The number of benzene rings is 2. The predicted octanol–water partition coefficient (Wildman–Crippen LogP) is 5.78. The number of aliphatic hydroxyl groups excluding tert-OH is 1. The number of rotatable bonds is 8. The summed E-state index contributed by atoms with van der Waals surface area (Å²) in [6.07, 6.45) is 3.04. The van der Waals surface area contributed by atoms with E-state index >= 15 is 0 Å². The zero-order valence-electron chi connectivity index (χ0n) is 23.5. The monoisotopic (exact) mass is 635 g/mol. The fourth-order valence-electron chi connectivity index (χ4n) is 5.36. The van der Waals surface area contributed by atoms with Gasteiger partial charge in [0.15, 0.2) is 0 Å². The molecule has 4 aromatic rings. The predicted molar refractivity (Wildman–Crippen MR) is 164 cm³/mol. The van der Waals surface area contributed by atoms with Crippen LogP contribution in [0, 0.1) is 12.8 Å². The summed E-state index contributed by atoms with van der Waals surface area (Å²) in [6, 6.07) is 14.3. The number of nitrogens with one attached hydrogen (secondary N) is 1. The molecule has 0 aliphatic carbocycles. The minimum absolute atomic E-state index is 0.0822. The molecule has 10 heteroatoms. The van der Waals surface area contributed by atoms with Crippen molar-refractivity contribution < 1.29 is 14.7 Å². The van der Waals surface area contributed by atoms with Crippen LogP contribution in [0.1, 0.15) is 50.5 Å². The van der Waals surface area contributed by atoms with Gasteiger partial charge in [-0.3, -0.25) is 14.3 Å². The highest BCUT2D eigenvalue weighted by atomic mass is 79.9. The molecule has 1 aliphatic rings. The number of likely N-dealkylation sites (tertiary alicyclic amines) is 1. The number of halogens is 1. The molecule has 1 saturated heterocycles. The van der Waals surface area contributed by atoms with Gasteiger partial charge >= 0.3 is 0 Å². The van der Waals surface area contributed by atoms with E-state index in [0.29, 0.717) is 0 Å². The van der Waals surface area contributed by atoms with Crippen molar-refractivity contribution in [3.05, 3.63) is 82.2 Å². The number of aryl methyl sites for hydroxylation is 1. The fraction of sp³-hybridized carbons (Fsp3) is 0.355. The van der Waals surface area contributed by atoms with Gasteiger partial charge in [0.25, 0.3) is 0 Å². The Balaban J connectivity index is 1.30. The molecular formula is C31H34BrN5O3S. The smallest absolute Gasteiger partial charge is 0.248 e. The Morgan fingerprint density at radius 1 is 1.05 bits per heavy atom. The Labute approximate surface area is 252 Å². The molecular weight excluding hydrogens is 602 g/mol. The largest absolute Gasteiger partial charge is 0.391 e. The van der Waals surface area contributed by atoms with Gasteiger partial charge in [0.2, 0.25) is 11.8 Å². The molecule has 1 fully saturated rings. The maximum Gasteiger partial charge on any atom is 0.248 e. The second-order valence-corrected chi connectivity index (χ2v) is 12.7. The third-order valence-electron chi connectivity index (χ3n) is 7.59. The molecule has 2 aromatic carbocycles. The number of carbonyl (C=O) groups excluding carboxylic acids is 2. The Morgan fingerprint density at radius 2 is 1.73 bits per heavy atom. The highest BCUT2D eigenvalue weighted by Crippen LogP contribution is 2.31. The van der Waals surface area contributed by atoms with Crippen molar-refractivity contribution in [2.24, 2.45) is 5.92 Å². The lowest BCUT2D eigenvalue weighted by atomic mass is 10.0. The van der Waals surface area contributed by atoms with Crippen LogP contribution in [0.2, 0.25) is 0 Å². The molecule has 0 spiro atoms. The van der Waals surface area contributed by atoms with E-state index in [2.05, 4.69) is 31.3 Å². The summed E-state index contributed by atoms with van der Waals surface area (Å²) < 4.78 is 2.66. The van der Waals surface area contributed by atoms with Crippen molar-refractivity contribution >= 4 is 39.1 Å². The van der Waals surface area contributed by atoms with Gasteiger partial charge in [-0.1, -0.05) is 66.2 Å². The SMILES string of the molecule is Cc1ncsc1-c1ccc([C@H](C)NC(=O)[C@@H]2C[C@@H](O)CN2C(=O)[C@@H](C(C)C)n2cc(-c3ccc(Br)cc3)cn2)cc1. The number of amides is 2. The van der Waals surface area contributed by atoms with E-state index in [1.54, 1.807) is 22.2 Å². The van der Waals surface area contributed by atoms with Crippen LogP contribution >= 0.6 is 27.3 Å². The standard InChI is InChI=1S/C31H34BrN5O3S/c1-18(2)28(37-15-24(14-34-37)22-9-11-25(32)12-10-22)31(40)36-16-26(38)13-27(36)30(39)35-19(3)21-5-7-23(8-6-21)29-20(4)33-17-41-29/h5-12,14-15,17-19,26-28,38H,13,16H2,1-4H3,(H,35,39)/t19-,26+,27-,28+/m0/s1. The summed E-state index contributed by atoms with van der Waals surface area (Å²) >= 11 is 5.06. The molecule has 0 saturated carbocycles. The number of carbonyl (C=O) groups is 2. The number of hydrogen-bond acceptors (Lipinski definition) is 6. The van der Waals surface area contributed by atoms with E-state index in [-0.39, 0.29) is 36.7 Å². The minimum Gasteiger partial charge on any atom is -0.391 e. The molecule has 4 atom stereocenters. The third kappa shape index (κ3) is 6.29. The van der Waals surface area contributed by atoms with E-state index in [1.807, 2.05) is 87.9 Å². The maximum atomic E-state index is 13.9. The summed E-state index contributed by atoms with van der Waals surface area (Å²) in [5, 5.41) is 18.1. The first-order chi connectivity index (χ1) is 19.6. The van der Waals surface area contributed by atoms with Crippen LogP contribution in [0.15, 0.2) is 70.9 Å². The Hall–Kier alpha value is -3.34. The lowest BCUT2D eigenvalue weighted by molar-refractivity contribution is -0.142. The van der Waals surface area contributed by atoms with Crippen molar-refractivity contribution in [2.75, 3.05) is 6.54 Å². The first kappa shape index (κ1) is 29.2. The van der Waals surface area contributed by atoms with E-state index < -0.39 is 18.2 Å². The number of aliphatic hydroxyl groups is 1. The van der Waals surface area contributed by atoms with Crippen LogP contribution in [-0.2, 0) is 9.59 Å². The summed E-state index contributed by atoms with van der Waals surface area (Å²) in [5.41, 5.74) is 6.77. The molecule has 2 N–H and O–H groups in total. The first-order valence-electron chi connectivity index (χ1n) is 13.7. The summed E-state index contributed by atoms with van der Waals surface area (Å²) in [6.45, 7) is 7.95. The number of aromatic nitrogens is 3. The quantitative estimate of drug-likeness (QED) is 0.256. The van der Waals surface area contributed by atoms with Gasteiger partial charge in [0, 0.05) is 29.2 Å². The van der Waals surface area contributed by atoms with Crippen LogP contribution in [0.4, 0.5) is 0 Å². The highest BCUT2D eigenvalue weighted by Gasteiger charge is 2.42. The van der Waals surface area contributed by atoms with Gasteiger partial charge in [-0.05, 0) is 48.6 Å². The van der Waals surface area contributed by atoms with Crippen LogP contribution in [0.5, 0.6) is 0 Å². The second kappa shape index (κ2) is 12.3. The number of β-amino-alcohol motifs (C(OH)–C–C–N with tert-alkyl or cyclic N) is 1. The van der Waals surface area contributed by atoms with Crippen molar-refractivity contribution in [2.45, 2.75) is 58.3 Å². The van der Waals surface area contributed by atoms with E-state index in [1.165, 1.54) is 4.90 Å². The zero-order valence-corrected chi connectivity index (χ0v) is 25.9. The fourth-order valence-corrected chi connectivity index (χ4v) is 6.43. The van der Waals surface area contributed by atoms with E-state index in [4.69, 9.17) is 0 Å². The van der Waals surface area contributed by atoms with Gasteiger partial charge in [-0.15, -0.1) is 11.3 Å². The van der Waals surface area contributed by atoms with Gasteiger partial charge in [-0.25, -0.2) is 4.98 Å². The van der Waals surface area contributed by atoms with Gasteiger partial charge < -0.3 is 15.3 Å².